The van der Waals surface area contributed by atoms with Crippen LogP contribution in [0.5, 0.6) is 0 Å². The standard InChI is InChI=1S/C17H17N3O4/c1-17(2)8-13-11(15(22)19-9-17)7-12(16(23)24-13)20-14(21)10-3-5-18-6-4-10/h3-7H,8-9H2,1-2H3,(H,19,22)(H,20,21). The van der Waals surface area contributed by atoms with E-state index in [1.807, 2.05) is 13.8 Å². The normalized spacial score (nSPS) is 15.8. The van der Waals surface area contributed by atoms with Crippen LogP contribution in [0.25, 0.3) is 0 Å². The zero-order valence-corrected chi connectivity index (χ0v) is 13.4. The summed E-state index contributed by atoms with van der Waals surface area (Å²) in [5.74, 6) is -0.459. The lowest BCUT2D eigenvalue weighted by molar-refractivity contribution is 0.0943. The molecule has 0 unspecified atom stereocenters. The van der Waals surface area contributed by atoms with Gasteiger partial charge in [0.15, 0.2) is 0 Å². The third-order valence-corrected chi connectivity index (χ3v) is 3.83. The van der Waals surface area contributed by atoms with Crippen LogP contribution in [0, 0.1) is 5.41 Å². The number of carbonyl (C=O) groups excluding carboxylic acids is 2. The summed E-state index contributed by atoms with van der Waals surface area (Å²) in [6, 6.07) is 4.42. The molecule has 3 heterocycles. The first-order valence-corrected chi connectivity index (χ1v) is 7.52. The zero-order valence-electron chi connectivity index (χ0n) is 13.4. The monoisotopic (exact) mass is 327 g/mol. The van der Waals surface area contributed by atoms with E-state index in [0.29, 0.717) is 24.3 Å². The highest BCUT2D eigenvalue weighted by Crippen LogP contribution is 2.26. The van der Waals surface area contributed by atoms with Crippen molar-refractivity contribution in [2.24, 2.45) is 5.41 Å². The first kappa shape index (κ1) is 15.9. The SMILES string of the molecule is CC1(C)CNC(=O)c2cc(NC(=O)c3ccncc3)c(=O)oc2C1. The van der Waals surface area contributed by atoms with Crippen LogP contribution in [0.1, 0.15) is 40.3 Å². The van der Waals surface area contributed by atoms with E-state index in [-0.39, 0.29) is 22.6 Å². The summed E-state index contributed by atoms with van der Waals surface area (Å²) in [7, 11) is 0. The van der Waals surface area contributed by atoms with E-state index >= 15 is 0 Å². The maximum Gasteiger partial charge on any atom is 0.359 e. The van der Waals surface area contributed by atoms with Crippen molar-refractivity contribution in [3.05, 3.63) is 57.9 Å². The fourth-order valence-corrected chi connectivity index (χ4v) is 2.53. The molecule has 2 aromatic heterocycles. The molecular formula is C17H17N3O4. The minimum absolute atomic E-state index is 0.0644. The van der Waals surface area contributed by atoms with Gasteiger partial charge >= 0.3 is 5.63 Å². The molecule has 0 atom stereocenters. The number of rotatable bonds is 2. The lowest BCUT2D eigenvalue weighted by atomic mass is 9.88. The van der Waals surface area contributed by atoms with Crippen LogP contribution < -0.4 is 16.3 Å². The van der Waals surface area contributed by atoms with Crippen molar-refractivity contribution in [1.82, 2.24) is 10.3 Å². The van der Waals surface area contributed by atoms with E-state index in [0.717, 1.165) is 0 Å². The topological polar surface area (TPSA) is 101 Å². The van der Waals surface area contributed by atoms with Crippen molar-refractivity contribution in [1.29, 1.82) is 0 Å². The van der Waals surface area contributed by atoms with Crippen LogP contribution >= 0.6 is 0 Å². The molecule has 2 amide bonds. The Balaban J connectivity index is 1.95. The van der Waals surface area contributed by atoms with Crippen molar-refractivity contribution in [2.75, 3.05) is 11.9 Å². The molecule has 0 bridgehead atoms. The van der Waals surface area contributed by atoms with Crippen molar-refractivity contribution in [3.63, 3.8) is 0 Å². The Hall–Kier alpha value is -2.96. The van der Waals surface area contributed by atoms with Gasteiger partial charge in [0.25, 0.3) is 11.8 Å². The summed E-state index contributed by atoms with van der Waals surface area (Å²) < 4.78 is 5.31. The summed E-state index contributed by atoms with van der Waals surface area (Å²) in [4.78, 5) is 40.4. The lowest BCUT2D eigenvalue weighted by Gasteiger charge is -2.20. The van der Waals surface area contributed by atoms with E-state index in [1.165, 1.54) is 30.6 Å². The minimum Gasteiger partial charge on any atom is -0.426 e. The van der Waals surface area contributed by atoms with Crippen molar-refractivity contribution in [2.45, 2.75) is 20.3 Å². The molecule has 0 fully saturated rings. The van der Waals surface area contributed by atoms with Gasteiger partial charge in [0.1, 0.15) is 11.4 Å². The molecule has 0 saturated heterocycles. The third-order valence-electron chi connectivity index (χ3n) is 3.83. The number of pyridine rings is 1. The maximum atomic E-state index is 12.2. The smallest absolute Gasteiger partial charge is 0.359 e. The predicted octanol–water partition coefficient (Wildman–Crippen LogP) is 1.60. The molecule has 7 nitrogen and oxygen atoms in total. The molecule has 2 N–H and O–H groups in total. The van der Waals surface area contributed by atoms with Crippen LogP contribution in [0.2, 0.25) is 0 Å². The maximum absolute atomic E-state index is 12.2. The number of aromatic nitrogens is 1. The number of anilines is 1. The number of nitrogens with zero attached hydrogens (tertiary/aromatic N) is 1. The summed E-state index contributed by atoms with van der Waals surface area (Å²) in [6.07, 6.45) is 3.41. The minimum atomic E-state index is -0.679. The molecule has 0 aromatic carbocycles. The first-order valence-electron chi connectivity index (χ1n) is 7.52. The van der Waals surface area contributed by atoms with E-state index in [4.69, 9.17) is 4.42 Å². The van der Waals surface area contributed by atoms with Crippen molar-refractivity contribution >= 4 is 17.5 Å². The highest BCUT2D eigenvalue weighted by molar-refractivity contribution is 6.05. The van der Waals surface area contributed by atoms with Gasteiger partial charge in [0.2, 0.25) is 0 Å². The van der Waals surface area contributed by atoms with Crippen LogP contribution in [0.4, 0.5) is 5.69 Å². The Bertz CT molecular complexity index is 856. The van der Waals surface area contributed by atoms with E-state index < -0.39 is 11.5 Å². The van der Waals surface area contributed by atoms with Gasteiger partial charge < -0.3 is 15.1 Å². The molecular weight excluding hydrogens is 310 g/mol. The van der Waals surface area contributed by atoms with Gasteiger partial charge in [-0.1, -0.05) is 13.8 Å². The molecule has 0 aliphatic carbocycles. The summed E-state index contributed by atoms with van der Waals surface area (Å²) in [5.41, 5.74) is -0.347. The number of hydrogen-bond donors (Lipinski definition) is 2. The number of hydrogen-bond acceptors (Lipinski definition) is 5. The van der Waals surface area contributed by atoms with Crippen LogP contribution in [-0.4, -0.2) is 23.3 Å². The van der Waals surface area contributed by atoms with E-state index in [1.54, 1.807) is 0 Å². The van der Waals surface area contributed by atoms with Gasteiger partial charge in [-0.25, -0.2) is 4.79 Å². The van der Waals surface area contributed by atoms with Crippen LogP contribution in [0.3, 0.4) is 0 Å². The lowest BCUT2D eigenvalue weighted by Crippen LogP contribution is -2.31. The number of nitrogens with one attached hydrogen (secondary N) is 2. The predicted molar refractivity (Wildman–Crippen MR) is 87.0 cm³/mol. The largest absolute Gasteiger partial charge is 0.426 e. The second-order valence-electron chi connectivity index (χ2n) is 6.50. The first-order chi connectivity index (χ1) is 11.4. The average molecular weight is 327 g/mol. The number of fused-ring (bicyclic) bond motifs is 1. The van der Waals surface area contributed by atoms with Crippen molar-refractivity contribution in [3.8, 4) is 0 Å². The molecule has 24 heavy (non-hydrogen) atoms. The average Bonchev–Trinajstić information content (AvgIpc) is 2.65. The molecule has 0 spiro atoms. The van der Waals surface area contributed by atoms with E-state index in [2.05, 4.69) is 15.6 Å². The Labute approximate surface area is 138 Å². The van der Waals surface area contributed by atoms with Gasteiger partial charge in [0.05, 0.1) is 5.56 Å². The molecule has 1 aliphatic heterocycles. The summed E-state index contributed by atoms with van der Waals surface area (Å²) in [5, 5.41) is 5.29. The Morgan fingerprint density at radius 3 is 2.71 bits per heavy atom. The van der Waals surface area contributed by atoms with E-state index in [9.17, 15) is 14.4 Å². The number of amides is 2. The molecule has 0 saturated carbocycles. The summed E-state index contributed by atoms with van der Waals surface area (Å²) >= 11 is 0. The fourth-order valence-electron chi connectivity index (χ4n) is 2.53. The fraction of sp³-hybridized carbons (Fsp3) is 0.294. The van der Waals surface area contributed by atoms with Gasteiger partial charge in [-0.2, -0.15) is 0 Å². The quantitative estimate of drug-likeness (QED) is 0.872. The van der Waals surface area contributed by atoms with Crippen LogP contribution in [-0.2, 0) is 6.42 Å². The summed E-state index contributed by atoms with van der Waals surface area (Å²) in [6.45, 7) is 4.42. The Kier molecular flexibility index (Phi) is 3.92. The molecule has 7 heteroatoms. The van der Waals surface area contributed by atoms with Gasteiger partial charge in [-0.15, -0.1) is 0 Å². The van der Waals surface area contributed by atoms with Gasteiger partial charge in [-0.3, -0.25) is 14.6 Å². The molecule has 1 aliphatic rings. The zero-order chi connectivity index (χ0) is 17.3. The van der Waals surface area contributed by atoms with Gasteiger partial charge in [-0.05, 0) is 23.6 Å². The Morgan fingerprint density at radius 2 is 2.00 bits per heavy atom. The Morgan fingerprint density at radius 1 is 1.29 bits per heavy atom. The second-order valence-corrected chi connectivity index (χ2v) is 6.50. The molecule has 3 rings (SSSR count). The van der Waals surface area contributed by atoms with Crippen molar-refractivity contribution < 1.29 is 14.0 Å². The van der Waals surface area contributed by atoms with Crippen LogP contribution in [0.15, 0.2) is 39.8 Å². The molecule has 0 radical (unpaired) electrons. The third kappa shape index (κ3) is 3.19. The second kappa shape index (κ2) is 5.92. The molecule has 124 valence electrons. The highest BCUT2D eigenvalue weighted by atomic mass is 16.4. The van der Waals surface area contributed by atoms with Gasteiger partial charge in [0, 0.05) is 30.9 Å². The number of carbonyl (C=O) groups is 2. The molecule has 2 aromatic rings. The highest BCUT2D eigenvalue weighted by Gasteiger charge is 2.30.